The van der Waals surface area contributed by atoms with E-state index in [-0.39, 0.29) is 0 Å². The van der Waals surface area contributed by atoms with Crippen LogP contribution in [0, 0.1) is 13.8 Å². The first-order valence-electron chi connectivity index (χ1n) is 7.59. The fourth-order valence-electron chi connectivity index (χ4n) is 2.47. The molecule has 2 heterocycles. The van der Waals surface area contributed by atoms with E-state index in [2.05, 4.69) is 20.4 Å². The largest absolute Gasteiger partial charge is 0.497 e. The average molecular weight is 324 g/mol. The predicted octanol–water partition coefficient (Wildman–Crippen LogP) is 2.48. The summed E-state index contributed by atoms with van der Waals surface area (Å²) < 4.78 is 6.89. The van der Waals surface area contributed by atoms with E-state index in [9.17, 15) is 0 Å². The molecule has 0 saturated carbocycles. The molecular formula is C17H20N6O. The minimum atomic E-state index is 0.470. The zero-order chi connectivity index (χ0) is 17.1. The van der Waals surface area contributed by atoms with Crippen molar-refractivity contribution in [3.63, 3.8) is 0 Å². The van der Waals surface area contributed by atoms with Crippen LogP contribution in [0.5, 0.6) is 5.75 Å². The van der Waals surface area contributed by atoms with E-state index in [0.29, 0.717) is 23.9 Å². The summed E-state index contributed by atoms with van der Waals surface area (Å²) in [6, 6.07) is 9.80. The number of hydrogen-bond acceptors (Lipinski definition) is 6. The number of ether oxygens (including phenoxy) is 1. The van der Waals surface area contributed by atoms with Gasteiger partial charge in [0, 0.05) is 12.2 Å². The van der Waals surface area contributed by atoms with Gasteiger partial charge in [-0.1, -0.05) is 12.1 Å². The first kappa shape index (κ1) is 15.8. The van der Waals surface area contributed by atoms with Crippen LogP contribution >= 0.6 is 0 Å². The smallest absolute Gasteiger partial charge is 0.182 e. The molecule has 0 aliphatic carbocycles. The summed E-state index contributed by atoms with van der Waals surface area (Å²) >= 11 is 0. The Bertz CT molecular complexity index is 841. The standard InChI is InChI=1S/C17H20N6O/c1-11-8-12(2)23(22-11)17-15(18)16(20-10-21-17)19-9-13-4-6-14(24-3)7-5-13/h4-8,10H,9,18H2,1-3H3,(H,19,20,21). The minimum absolute atomic E-state index is 0.470. The van der Waals surface area contributed by atoms with Gasteiger partial charge in [0.1, 0.15) is 17.8 Å². The van der Waals surface area contributed by atoms with Crippen molar-refractivity contribution in [3.05, 3.63) is 53.6 Å². The second-order valence-corrected chi connectivity index (χ2v) is 5.50. The lowest BCUT2D eigenvalue weighted by Gasteiger charge is -2.12. The number of methoxy groups -OCH3 is 1. The van der Waals surface area contributed by atoms with E-state index < -0.39 is 0 Å². The molecular weight excluding hydrogens is 304 g/mol. The third-order valence-corrected chi connectivity index (χ3v) is 3.69. The molecule has 7 nitrogen and oxygen atoms in total. The molecule has 0 spiro atoms. The van der Waals surface area contributed by atoms with Crippen molar-refractivity contribution in [1.82, 2.24) is 19.7 Å². The van der Waals surface area contributed by atoms with Gasteiger partial charge < -0.3 is 15.8 Å². The van der Waals surface area contributed by atoms with Crippen molar-refractivity contribution in [2.45, 2.75) is 20.4 Å². The van der Waals surface area contributed by atoms with Gasteiger partial charge in [-0.15, -0.1) is 0 Å². The molecule has 0 amide bonds. The monoisotopic (exact) mass is 324 g/mol. The molecule has 3 rings (SSSR count). The fraction of sp³-hybridized carbons (Fsp3) is 0.235. The molecule has 0 atom stereocenters. The van der Waals surface area contributed by atoms with Crippen LogP contribution in [-0.2, 0) is 6.54 Å². The number of rotatable bonds is 5. The Morgan fingerprint density at radius 1 is 1.17 bits per heavy atom. The number of nitrogens with zero attached hydrogens (tertiary/aromatic N) is 4. The summed E-state index contributed by atoms with van der Waals surface area (Å²) in [4.78, 5) is 8.51. The van der Waals surface area contributed by atoms with Gasteiger partial charge in [0.25, 0.3) is 0 Å². The van der Waals surface area contributed by atoms with Gasteiger partial charge in [-0.25, -0.2) is 14.6 Å². The summed E-state index contributed by atoms with van der Waals surface area (Å²) in [7, 11) is 1.65. The fourth-order valence-corrected chi connectivity index (χ4v) is 2.47. The van der Waals surface area contributed by atoms with Crippen LogP contribution in [0.4, 0.5) is 11.5 Å². The first-order valence-corrected chi connectivity index (χ1v) is 7.59. The van der Waals surface area contributed by atoms with E-state index >= 15 is 0 Å². The molecule has 124 valence electrons. The van der Waals surface area contributed by atoms with Crippen molar-refractivity contribution in [2.75, 3.05) is 18.2 Å². The SMILES string of the molecule is COc1ccc(CNc2ncnc(-n3nc(C)cc3C)c2N)cc1. The molecule has 0 radical (unpaired) electrons. The Balaban J connectivity index is 1.81. The predicted molar refractivity (Wildman–Crippen MR) is 93.4 cm³/mol. The Hall–Kier alpha value is -3.09. The lowest BCUT2D eigenvalue weighted by atomic mass is 10.2. The third-order valence-electron chi connectivity index (χ3n) is 3.69. The van der Waals surface area contributed by atoms with Crippen LogP contribution in [0.15, 0.2) is 36.7 Å². The number of nitrogens with two attached hydrogens (primary N) is 1. The number of hydrogen-bond donors (Lipinski definition) is 2. The number of anilines is 2. The van der Waals surface area contributed by atoms with E-state index in [1.807, 2.05) is 44.2 Å². The van der Waals surface area contributed by atoms with Crippen LogP contribution in [0.3, 0.4) is 0 Å². The van der Waals surface area contributed by atoms with Gasteiger partial charge in [-0.05, 0) is 37.6 Å². The van der Waals surface area contributed by atoms with Gasteiger partial charge >= 0.3 is 0 Å². The lowest BCUT2D eigenvalue weighted by molar-refractivity contribution is 0.414. The highest BCUT2D eigenvalue weighted by molar-refractivity contribution is 5.69. The summed E-state index contributed by atoms with van der Waals surface area (Å²) in [6.07, 6.45) is 1.48. The maximum Gasteiger partial charge on any atom is 0.182 e. The van der Waals surface area contributed by atoms with E-state index in [0.717, 1.165) is 22.7 Å². The van der Waals surface area contributed by atoms with Crippen molar-refractivity contribution in [3.8, 4) is 11.6 Å². The van der Waals surface area contributed by atoms with Crippen LogP contribution in [0.25, 0.3) is 5.82 Å². The molecule has 0 unspecified atom stereocenters. The molecule has 0 aliphatic rings. The number of nitrogen functional groups attached to an aromatic ring is 1. The average Bonchev–Trinajstić information content (AvgIpc) is 2.92. The van der Waals surface area contributed by atoms with Gasteiger partial charge in [0.2, 0.25) is 0 Å². The number of benzene rings is 1. The van der Waals surface area contributed by atoms with Crippen molar-refractivity contribution >= 4 is 11.5 Å². The molecule has 0 bridgehead atoms. The van der Waals surface area contributed by atoms with Crippen LogP contribution in [0.2, 0.25) is 0 Å². The van der Waals surface area contributed by atoms with Crippen LogP contribution in [0.1, 0.15) is 17.0 Å². The second kappa shape index (κ2) is 6.57. The topological polar surface area (TPSA) is 90.9 Å². The highest BCUT2D eigenvalue weighted by Crippen LogP contribution is 2.23. The van der Waals surface area contributed by atoms with Gasteiger partial charge in [-0.3, -0.25) is 0 Å². The van der Waals surface area contributed by atoms with Gasteiger partial charge in [-0.2, -0.15) is 5.10 Å². The molecule has 0 saturated heterocycles. The third kappa shape index (κ3) is 3.15. The van der Waals surface area contributed by atoms with E-state index in [1.54, 1.807) is 11.8 Å². The Morgan fingerprint density at radius 2 is 1.92 bits per heavy atom. The van der Waals surface area contributed by atoms with Crippen molar-refractivity contribution in [1.29, 1.82) is 0 Å². The molecule has 0 fully saturated rings. The normalized spacial score (nSPS) is 10.6. The summed E-state index contributed by atoms with van der Waals surface area (Å²) in [5.41, 5.74) is 9.69. The maximum atomic E-state index is 6.23. The molecule has 24 heavy (non-hydrogen) atoms. The van der Waals surface area contributed by atoms with E-state index in [4.69, 9.17) is 10.5 Å². The Labute approximate surface area is 140 Å². The Morgan fingerprint density at radius 3 is 2.54 bits per heavy atom. The molecule has 0 aliphatic heterocycles. The molecule has 2 aromatic heterocycles. The summed E-state index contributed by atoms with van der Waals surface area (Å²) in [5.74, 6) is 1.99. The summed E-state index contributed by atoms with van der Waals surface area (Å²) in [5, 5.41) is 7.67. The lowest BCUT2D eigenvalue weighted by Crippen LogP contribution is -2.11. The zero-order valence-electron chi connectivity index (χ0n) is 13.9. The van der Waals surface area contributed by atoms with Crippen molar-refractivity contribution < 1.29 is 4.74 Å². The molecule has 3 aromatic rings. The molecule has 7 heteroatoms. The highest BCUT2D eigenvalue weighted by atomic mass is 16.5. The van der Waals surface area contributed by atoms with Crippen LogP contribution < -0.4 is 15.8 Å². The summed E-state index contributed by atoms with van der Waals surface area (Å²) in [6.45, 7) is 4.50. The first-order chi connectivity index (χ1) is 11.6. The van der Waals surface area contributed by atoms with Gasteiger partial charge in [0.05, 0.1) is 12.8 Å². The zero-order valence-corrected chi connectivity index (χ0v) is 13.9. The highest BCUT2D eigenvalue weighted by Gasteiger charge is 2.13. The van der Waals surface area contributed by atoms with E-state index in [1.165, 1.54) is 6.33 Å². The molecule has 3 N–H and O–H groups in total. The minimum Gasteiger partial charge on any atom is -0.497 e. The van der Waals surface area contributed by atoms with Crippen LogP contribution in [-0.4, -0.2) is 26.9 Å². The number of aryl methyl sites for hydroxylation is 2. The number of aromatic nitrogens is 4. The van der Waals surface area contributed by atoms with Crippen molar-refractivity contribution in [2.24, 2.45) is 0 Å². The second-order valence-electron chi connectivity index (χ2n) is 5.50. The van der Waals surface area contributed by atoms with Gasteiger partial charge in [0.15, 0.2) is 11.6 Å². The maximum absolute atomic E-state index is 6.23. The quantitative estimate of drug-likeness (QED) is 0.749. The Kier molecular flexibility index (Phi) is 4.33. The molecule has 1 aromatic carbocycles. The number of nitrogens with one attached hydrogen (secondary N) is 1.